The molecule has 3 N–H and O–H groups in total. The molecule has 1 fully saturated rings. The highest BCUT2D eigenvalue weighted by Crippen LogP contribution is 2.22. The SMILES string of the molecule is CC(OC1CCC(O)C(O)C1)C(=O)O. The lowest BCUT2D eigenvalue weighted by Gasteiger charge is -2.30. The first kappa shape index (κ1) is 11.4. The van der Waals surface area contributed by atoms with Gasteiger partial charge < -0.3 is 20.1 Å². The van der Waals surface area contributed by atoms with Gasteiger partial charge in [-0.25, -0.2) is 4.79 Å². The quantitative estimate of drug-likeness (QED) is 0.590. The third-order valence-corrected chi connectivity index (χ3v) is 2.48. The maximum absolute atomic E-state index is 10.5. The predicted octanol–water partition coefficient (Wildman–Crippen LogP) is -0.250. The molecule has 5 nitrogen and oxygen atoms in total. The molecule has 1 saturated carbocycles. The van der Waals surface area contributed by atoms with Crippen LogP contribution in [0, 0.1) is 0 Å². The van der Waals surface area contributed by atoms with Gasteiger partial charge >= 0.3 is 5.97 Å². The van der Waals surface area contributed by atoms with Gasteiger partial charge in [0.05, 0.1) is 18.3 Å². The number of aliphatic hydroxyl groups excluding tert-OH is 2. The Morgan fingerprint density at radius 1 is 1.36 bits per heavy atom. The maximum Gasteiger partial charge on any atom is 0.332 e. The van der Waals surface area contributed by atoms with Gasteiger partial charge in [-0.1, -0.05) is 0 Å². The summed E-state index contributed by atoms with van der Waals surface area (Å²) in [6.45, 7) is 1.46. The first-order valence-electron chi connectivity index (χ1n) is 4.75. The summed E-state index contributed by atoms with van der Waals surface area (Å²) in [6.07, 6.45) is -1.26. The number of hydrogen-bond acceptors (Lipinski definition) is 4. The second-order valence-electron chi connectivity index (χ2n) is 3.69. The summed E-state index contributed by atoms with van der Waals surface area (Å²) >= 11 is 0. The zero-order valence-electron chi connectivity index (χ0n) is 8.09. The number of ether oxygens (including phenoxy) is 1. The fraction of sp³-hybridized carbons (Fsp3) is 0.889. The first-order valence-corrected chi connectivity index (χ1v) is 4.75. The van der Waals surface area contributed by atoms with E-state index in [1.807, 2.05) is 0 Å². The van der Waals surface area contributed by atoms with Crippen molar-refractivity contribution >= 4 is 5.97 Å². The molecule has 0 spiro atoms. The van der Waals surface area contributed by atoms with Gasteiger partial charge in [0.15, 0.2) is 6.10 Å². The Kier molecular flexibility index (Phi) is 3.86. The fourth-order valence-electron chi connectivity index (χ4n) is 1.56. The van der Waals surface area contributed by atoms with Crippen molar-refractivity contribution in [2.24, 2.45) is 0 Å². The normalized spacial score (nSPS) is 35.2. The highest BCUT2D eigenvalue weighted by Gasteiger charge is 2.30. The van der Waals surface area contributed by atoms with Gasteiger partial charge in [0.2, 0.25) is 0 Å². The monoisotopic (exact) mass is 204 g/mol. The summed E-state index contributed by atoms with van der Waals surface area (Å²) in [4.78, 5) is 10.5. The molecule has 0 aromatic rings. The van der Waals surface area contributed by atoms with E-state index >= 15 is 0 Å². The van der Waals surface area contributed by atoms with Crippen molar-refractivity contribution in [1.82, 2.24) is 0 Å². The van der Waals surface area contributed by atoms with Crippen molar-refractivity contribution in [2.75, 3.05) is 0 Å². The van der Waals surface area contributed by atoms with Crippen LogP contribution in [0.25, 0.3) is 0 Å². The number of carboxylic acid groups (broad SMARTS) is 1. The van der Waals surface area contributed by atoms with E-state index in [-0.39, 0.29) is 6.10 Å². The summed E-state index contributed by atoms with van der Waals surface area (Å²) in [6, 6.07) is 0. The van der Waals surface area contributed by atoms with Crippen LogP contribution >= 0.6 is 0 Å². The Morgan fingerprint density at radius 3 is 2.50 bits per heavy atom. The minimum Gasteiger partial charge on any atom is -0.479 e. The molecule has 4 atom stereocenters. The Bertz CT molecular complexity index is 205. The second kappa shape index (κ2) is 4.72. The minimum absolute atomic E-state index is 0.264. The molecule has 0 heterocycles. The van der Waals surface area contributed by atoms with Crippen LogP contribution in [0.1, 0.15) is 26.2 Å². The Hall–Kier alpha value is -0.650. The molecule has 5 heteroatoms. The third-order valence-electron chi connectivity index (χ3n) is 2.48. The molecule has 0 amide bonds. The van der Waals surface area contributed by atoms with E-state index in [1.54, 1.807) is 0 Å². The molecular formula is C9H16O5. The van der Waals surface area contributed by atoms with E-state index < -0.39 is 24.3 Å². The van der Waals surface area contributed by atoms with E-state index in [9.17, 15) is 15.0 Å². The first-order chi connectivity index (χ1) is 6.50. The summed E-state index contributed by atoms with van der Waals surface area (Å²) < 4.78 is 5.20. The molecule has 0 aromatic carbocycles. The van der Waals surface area contributed by atoms with Crippen LogP contribution in [-0.4, -0.2) is 45.7 Å². The summed E-state index contributed by atoms with van der Waals surface area (Å²) in [5.74, 6) is -1.01. The van der Waals surface area contributed by atoms with Crippen molar-refractivity contribution in [1.29, 1.82) is 0 Å². The molecular weight excluding hydrogens is 188 g/mol. The molecule has 1 aliphatic carbocycles. The minimum atomic E-state index is -1.01. The van der Waals surface area contributed by atoms with Gasteiger partial charge in [-0.05, 0) is 19.8 Å². The Labute approximate surface area is 82.3 Å². The van der Waals surface area contributed by atoms with E-state index in [2.05, 4.69) is 0 Å². The van der Waals surface area contributed by atoms with E-state index in [0.717, 1.165) is 0 Å². The van der Waals surface area contributed by atoms with E-state index in [4.69, 9.17) is 9.84 Å². The van der Waals surface area contributed by atoms with Gasteiger partial charge in [-0.15, -0.1) is 0 Å². The molecule has 4 unspecified atom stereocenters. The van der Waals surface area contributed by atoms with Gasteiger partial charge in [-0.2, -0.15) is 0 Å². The number of carbonyl (C=O) groups is 1. The van der Waals surface area contributed by atoms with Crippen LogP contribution in [0.3, 0.4) is 0 Å². The van der Waals surface area contributed by atoms with Gasteiger partial charge in [0.1, 0.15) is 0 Å². The van der Waals surface area contributed by atoms with Crippen LogP contribution in [0.15, 0.2) is 0 Å². The lowest BCUT2D eigenvalue weighted by atomic mass is 9.92. The van der Waals surface area contributed by atoms with Crippen molar-refractivity contribution in [3.8, 4) is 0 Å². The topological polar surface area (TPSA) is 87.0 Å². The molecule has 0 saturated heterocycles. The summed E-state index contributed by atoms with van der Waals surface area (Å²) in [5.41, 5.74) is 0. The number of aliphatic hydroxyl groups is 2. The highest BCUT2D eigenvalue weighted by atomic mass is 16.5. The Balaban J connectivity index is 2.36. The summed E-state index contributed by atoms with van der Waals surface area (Å²) in [5, 5.41) is 27.1. The largest absolute Gasteiger partial charge is 0.479 e. The van der Waals surface area contributed by atoms with Crippen molar-refractivity contribution in [3.63, 3.8) is 0 Å². The van der Waals surface area contributed by atoms with Gasteiger partial charge in [0, 0.05) is 6.42 Å². The van der Waals surface area contributed by atoms with Crippen LogP contribution in [-0.2, 0) is 9.53 Å². The zero-order valence-corrected chi connectivity index (χ0v) is 8.09. The maximum atomic E-state index is 10.5. The van der Waals surface area contributed by atoms with E-state index in [0.29, 0.717) is 19.3 Å². The van der Waals surface area contributed by atoms with Crippen LogP contribution in [0.5, 0.6) is 0 Å². The van der Waals surface area contributed by atoms with Crippen molar-refractivity contribution in [3.05, 3.63) is 0 Å². The van der Waals surface area contributed by atoms with Crippen LogP contribution in [0.4, 0.5) is 0 Å². The predicted molar refractivity (Wildman–Crippen MR) is 47.8 cm³/mol. The van der Waals surface area contributed by atoms with Crippen LogP contribution in [0.2, 0.25) is 0 Å². The number of hydrogen-bond donors (Lipinski definition) is 3. The van der Waals surface area contributed by atoms with Crippen molar-refractivity contribution in [2.45, 2.75) is 50.6 Å². The fourth-order valence-corrected chi connectivity index (χ4v) is 1.56. The second-order valence-corrected chi connectivity index (χ2v) is 3.69. The third kappa shape index (κ3) is 2.94. The molecule has 0 aliphatic heterocycles. The summed E-state index contributed by atoms with van der Waals surface area (Å²) in [7, 11) is 0. The standard InChI is InChI=1S/C9H16O5/c1-5(9(12)13)14-6-2-3-7(10)8(11)4-6/h5-8,10-11H,2-4H2,1H3,(H,12,13). The molecule has 82 valence electrons. The Morgan fingerprint density at radius 2 is 2.00 bits per heavy atom. The van der Waals surface area contributed by atoms with Gasteiger partial charge in [0.25, 0.3) is 0 Å². The average molecular weight is 204 g/mol. The van der Waals surface area contributed by atoms with Crippen molar-refractivity contribution < 1.29 is 24.9 Å². The average Bonchev–Trinajstić information content (AvgIpc) is 2.11. The molecule has 0 bridgehead atoms. The molecule has 1 rings (SSSR count). The molecule has 0 aromatic heterocycles. The number of carboxylic acids is 1. The molecule has 1 aliphatic rings. The smallest absolute Gasteiger partial charge is 0.332 e. The lowest BCUT2D eigenvalue weighted by Crippen LogP contribution is -2.39. The number of aliphatic carboxylic acids is 1. The lowest BCUT2D eigenvalue weighted by molar-refractivity contribution is -0.157. The zero-order chi connectivity index (χ0) is 10.7. The van der Waals surface area contributed by atoms with E-state index in [1.165, 1.54) is 6.92 Å². The van der Waals surface area contributed by atoms with Crippen LogP contribution < -0.4 is 0 Å². The van der Waals surface area contributed by atoms with Gasteiger partial charge in [-0.3, -0.25) is 0 Å². The molecule has 14 heavy (non-hydrogen) atoms. The number of rotatable bonds is 3. The highest BCUT2D eigenvalue weighted by molar-refractivity contribution is 5.71. The molecule has 0 radical (unpaired) electrons.